The summed E-state index contributed by atoms with van der Waals surface area (Å²) in [6, 6.07) is 11.7. The van der Waals surface area contributed by atoms with Crippen molar-refractivity contribution in [3.8, 4) is 5.75 Å². The number of ether oxygens (including phenoxy) is 2. The maximum atomic E-state index is 12.0. The summed E-state index contributed by atoms with van der Waals surface area (Å²) in [7, 11) is 0. The molecule has 0 fully saturated rings. The molecule has 0 aliphatic heterocycles. The van der Waals surface area contributed by atoms with Crippen molar-refractivity contribution in [1.29, 1.82) is 0 Å². The van der Waals surface area contributed by atoms with Crippen LogP contribution in [0.25, 0.3) is 0 Å². The minimum Gasteiger partial charge on any atom is -0.483 e. The SMILES string of the molecule is CCOC(=O)c1cccc(NC(=O)COc2ccc(Cl)cc2C)c1. The van der Waals surface area contributed by atoms with Crippen molar-refractivity contribution in [3.05, 3.63) is 58.6 Å². The second kappa shape index (κ2) is 8.36. The van der Waals surface area contributed by atoms with Crippen molar-refractivity contribution in [3.63, 3.8) is 0 Å². The van der Waals surface area contributed by atoms with Gasteiger partial charge in [0.1, 0.15) is 5.75 Å². The first-order valence-corrected chi connectivity index (χ1v) is 7.83. The molecule has 1 amide bonds. The molecule has 24 heavy (non-hydrogen) atoms. The lowest BCUT2D eigenvalue weighted by molar-refractivity contribution is -0.118. The van der Waals surface area contributed by atoms with Gasteiger partial charge < -0.3 is 14.8 Å². The number of amides is 1. The molecule has 0 atom stereocenters. The minimum absolute atomic E-state index is 0.147. The van der Waals surface area contributed by atoms with Gasteiger partial charge >= 0.3 is 5.97 Å². The van der Waals surface area contributed by atoms with Gasteiger partial charge in [-0.05, 0) is 55.8 Å². The van der Waals surface area contributed by atoms with Crippen molar-refractivity contribution < 1.29 is 19.1 Å². The molecule has 126 valence electrons. The van der Waals surface area contributed by atoms with Gasteiger partial charge in [0, 0.05) is 10.7 Å². The van der Waals surface area contributed by atoms with Crippen molar-refractivity contribution in [2.24, 2.45) is 0 Å². The Morgan fingerprint density at radius 3 is 2.67 bits per heavy atom. The number of esters is 1. The second-order valence-electron chi connectivity index (χ2n) is 5.05. The molecule has 6 heteroatoms. The molecule has 0 aliphatic carbocycles. The zero-order valence-corrected chi connectivity index (χ0v) is 14.2. The highest BCUT2D eigenvalue weighted by Crippen LogP contribution is 2.21. The molecule has 0 saturated carbocycles. The molecular weight excluding hydrogens is 330 g/mol. The van der Waals surface area contributed by atoms with Crippen LogP contribution in [0.3, 0.4) is 0 Å². The van der Waals surface area contributed by atoms with E-state index in [1.54, 1.807) is 49.4 Å². The van der Waals surface area contributed by atoms with E-state index in [1.807, 2.05) is 6.92 Å². The maximum Gasteiger partial charge on any atom is 0.338 e. The van der Waals surface area contributed by atoms with Crippen LogP contribution in [0.1, 0.15) is 22.8 Å². The van der Waals surface area contributed by atoms with E-state index in [4.69, 9.17) is 21.1 Å². The van der Waals surface area contributed by atoms with Crippen molar-refractivity contribution in [1.82, 2.24) is 0 Å². The molecule has 0 spiro atoms. The Balaban J connectivity index is 1.95. The van der Waals surface area contributed by atoms with Crippen LogP contribution in [-0.4, -0.2) is 25.1 Å². The number of benzene rings is 2. The predicted molar refractivity (Wildman–Crippen MR) is 92.7 cm³/mol. The Kier molecular flexibility index (Phi) is 6.21. The Morgan fingerprint density at radius 1 is 1.17 bits per heavy atom. The first-order chi connectivity index (χ1) is 11.5. The van der Waals surface area contributed by atoms with Gasteiger partial charge in [-0.2, -0.15) is 0 Å². The van der Waals surface area contributed by atoms with E-state index in [0.29, 0.717) is 28.6 Å². The van der Waals surface area contributed by atoms with Crippen LogP contribution in [0.15, 0.2) is 42.5 Å². The van der Waals surface area contributed by atoms with Gasteiger partial charge in [-0.3, -0.25) is 4.79 Å². The summed E-state index contributed by atoms with van der Waals surface area (Å²) >= 11 is 5.88. The van der Waals surface area contributed by atoms with Crippen molar-refractivity contribution >= 4 is 29.2 Å². The number of anilines is 1. The molecule has 0 saturated heterocycles. The lowest BCUT2D eigenvalue weighted by Crippen LogP contribution is -2.20. The number of carbonyl (C=O) groups excluding carboxylic acids is 2. The van der Waals surface area contributed by atoms with Gasteiger partial charge in [0.05, 0.1) is 12.2 Å². The van der Waals surface area contributed by atoms with E-state index < -0.39 is 5.97 Å². The molecule has 5 nitrogen and oxygen atoms in total. The summed E-state index contributed by atoms with van der Waals surface area (Å²) in [5.74, 6) is -0.165. The smallest absolute Gasteiger partial charge is 0.338 e. The van der Waals surface area contributed by atoms with Crippen molar-refractivity contribution in [2.45, 2.75) is 13.8 Å². The number of nitrogens with one attached hydrogen (secondary N) is 1. The van der Waals surface area contributed by atoms with E-state index in [9.17, 15) is 9.59 Å². The fourth-order valence-corrected chi connectivity index (χ4v) is 2.28. The quantitative estimate of drug-likeness (QED) is 0.806. The predicted octanol–water partition coefficient (Wildman–Crippen LogP) is 3.84. The fraction of sp³-hybridized carbons (Fsp3) is 0.222. The molecule has 1 N–H and O–H groups in total. The summed E-state index contributed by atoms with van der Waals surface area (Å²) in [4.78, 5) is 23.7. The number of aryl methyl sites for hydroxylation is 1. The summed E-state index contributed by atoms with van der Waals surface area (Å²) < 4.78 is 10.4. The molecule has 2 rings (SSSR count). The summed E-state index contributed by atoms with van der Waals surface area (Å²) in [5, 5.41) is 3.29. The van der Waals surface area contributed by atoms with Crippen LogP contribution in [0.2, 0.25) is 5.02 Å². The molecule has 2 aromatic carbocycles. The van der Waals surface area contributed by atoms with Gasteiger partial charge in [-0.25, -0.2) is 4.79 Å². The molecule has 0 aromatic heterocycles. The molecule has 2 aromatic rings. The third kappa shape index (κ3) is 4.99. The lowest BCUT2D eigenvalue weighted by Gasteiger charge is -2.10. The fourth-order valence-electron chi connectivity index (χ4n) is 2.05. The van der Waals surface area contributed by atoms with E-state index in [1.165, 1.54) is 0 Å². The number of rotatable bonds is 6. The maximum absolute atomic E-state index is 12.0. The van der Waals surface area contributed by atoms with E-state index in [-0.39, 0.29) is 12.5 Å². The lowest BCUT2D eigenvalue weighted by atomic mass is 10.2. The average molecular weight is 348 g/mol. The van der Waals surface area contributed by atoms with E-state index >= 15 is 0 Å². The standard InChI is InChI=1S/C18H18ClNO4/c1-3-23-18(22)13-5-4-6-15(10-13)20-17(21)11-24-16-8-7-14(19)9-12(16)2/h4-10H,3,11H2,1-2H3,(H,20,21). The van der Waals surface area contributed by atoms with Crippen LogP contribution in [0.5, 0.6) is 5.75 Å². The number of carbonyl (C=O) groups is 2. The van der Waals surface area contributed by atoms with Gasteiger partial charge in [-0.15, -0.1) is 0 Å². The molecular formula is C18H18ClNO4. The first kappa shape index (κ1) is 17.8. The monoisotopic (exact) mass is 347 g/mol. The van der Waals surface area contributed by atoms with E-state index in [0.717, 1.165) is 5.56 Å². The summed E-state index contributed by atoms with van der Waals surface area (Å²) in [5.41, 5.74) is 1.73. The molecule has 0 bridgehead atoms. The van der Waals surface area contributed by atoms with Crippen LogP contribution in [0, 0.1) is 6.92 Å². The zero-order valence-electron chi connectivity index (χ0n) is 13.5. The molecule has 0 aliphatic rings. The first-order valence-electron chi connectivity index (χ1n) is 7.45. The Hall–Kier alpha value is -2.53. The number of halogens is 1. The van der Waals surface area contributed by atoms with Crippen LogP contribution in [0.4, 0.5) is 5.69 Å². The highest BCUT2D eigenvalue weighted by atomic mass is 35.5. The Bertz CT molecular complexity index is 746. The van der Waals surface area contributed by atoms with Crippen molar-refractivity contribution in [2.75, 3.05) is 18.5 Å². The molecule has 0 heterocycles. The summed E-state index contributed by atoms with van der Waals surface area (Å²) in [6.07, 6.45) is 0. The highest BCUT2D eigenvalue weighted by Gasteiger charge is 2.09. The average Bonchev–Trinajstić information content (AvgIpc) is 2.54. The summed E-state index contributed by atoms with van der Waals surface area (Å²) in [6.45, 7) is 3.73. The Labute approximate surface area is 145 Å². The molecule has 0 radical (unpaired) electrons. The zero-order chi connectivity index (χ0) is 17.5. The normalized spacial score (nSPS) is 10.1. The third-order valence-corrected chi connectivity index (χ3v) is 3.39. The van der Waals surface area contributed by atoms with Gasteiger partial charge in [0.15, 0.2) is 6.61 Å². The second-order valence-corrected chi connectivity index (χ2v) is 5.48. The van der Waals surface area contributed by atoms with E-state index in [2.05, 4.69) is 5.32 Å². The number of hydrogen-bond acceptors (Lipinski definition) is 4. The highest BCUT2D eigenvalue weighted by molar-refractivity contribution is 6.30. The topological polar surface area (TPSA) is 64.6 Å². The van der Waals surface area contributed by atoms with Gasteiger partial charge in [0.2, 0.25) is 0 Å². The van der Waals surface area contributed by atoms with Crippen LogP contribution in [-0.2, 0) is 9.53 Å². The Morgan fingerprint density at radius 2 is 1.96 bits per heavy atom. The minimum atomic E-state index is -0.429. The van der Waals surface area contributed by atoms with Gasteiger partial charge in [0.25, 0.3) is 5.91 Å². The largest absolute Gasteiger partial charge is 0.483 e. The third-order valence-electron chi connectivity index (χ3n) is 3.15. The number of hydrogen-bond donors (Lipinski definition) is 1. The van der Waals surface area contributed by atoms with Crippen LogP contribution >= 0.6 is 11.6 Å². The van der Waals surface area contributed by atoms with Crippen LogP contribution < -0.4 is 10.1 Å². The molecule has 0 unspecified atom stereocenters. The van der Waals surface area contributed by atoms with Gasteiger partial charge in [-0.1, -0.05) is 17.7 Å².